The SMILES string of the molecule is O=C(COC(=O)C12CC3CC(CC(Br)(C3)C1)C2)NC(=O)NCc1ccco1. The number of hydrogen-bond donors (Lipinski definition) is 2. The van der Waals surface area contributed by atoms with Crippen molar-refractivity contribution in [3.8, 4) is 0 Å². The van der Waals surface area contributed by atoms with Gasteiger partial charge in [0.05, 0.1) is 18.2 Å². The highest BCUT2D eigenvalue weighted by Crippen LogP contribution is 2.64. The summed E-state index contributed by atoms with van der Waals surface area (Å²) in [4.78, 5) is 36.4. The van der Waals surface area contributed by atoms with Gasteiger partial charge >= 0.3 is 12.0 Å². The first-order chi connectivity index (χ1) is 12.9. The Labute approximate surface area is 165 Å². The molecule has 4 bridgehead atoms. The number of carbonyl (C=O) groups is 3. The summed E-state index contributed by atoms with van der Waals surface area (Å²) in [5.41, 5.74) is -0.477. The van der Waals surface area contributed by atoms with Gasteiger partial charge in [0, 0.05) is 4.32 Å². The van der Waals surface area contributed by atoms with Gasteiger partial charge in [-0.3, -0.25) is 14.9 Å². The van der Waals surface area contributed by atoms with Gasteiger partial charge in [-0.15, -0.1) is 0 Å². The van der Waals surface area contributed by atoms with Crippen LogP contribution in [-0.2, 0) is 20.9 Å². The van der Waals surface area contributed by atoms with Gasteiger partial charge < -0.3 is 14.5 Å². The van der Waals surface area contributed by atoms with Crippen molar-refractivity contribution in [1.82, 2.24) is 10.6 Å². The van der Waals surface area contributed by atoms with E-state index in [1.54, 1.807) is 12.1 Å². The maximum Gasteiger partial charge on any atom is 0.321 e. The molecule has 0 spiro atoms. The Balaban J connectivity index is 1.25. The second-order valence-corrected chi connectivity index (χ2v) is 9.96. The number of amides is 3. The predicted octanol–water partition coefficient (Wildman–Crippen LogP) is 2.88. The van der Waals surface area contributed by atoms with Crippen molar-refractivity contribution in [3.05, 3.63) is 24.2 Å². The average Bonchev–Trinajstić information content (AvgIpc) is 3.09. The van der Waals surface area contributed by atoms with Gasteiger partial charge in [-0.25, -0.2) is 4.79 Å². The van der Waals surface area contributed by atoms with Crippen LogP contribution in [0.3, 0.4) is 0 Å². The third kappa shape index (κ3) is 3.90. The third-order valence-corrected chi connectivity index (χ3v) is 6.94. The fourth-order valence-electron chi connectivity index (χ4n) is 5.46. The van der Waals surface area contributed by atoms with Gasteiger partial charge in [0.1, 0.15) is 5.76 Å². The number of hydrogen-bond acceptors (Lipinski definition) is 5. The van der Waals surface area contributed by atoms with E-state index in [2.05, 4.69) is 26.6 Å². The maximum atomic E-state index is 12.8. The van der Waals surface area contributed by atoms with E-state index < -0.39 is 24.0 Å². The number of esters is 1. The third-order valence-electron chi connectivity index (χ3n) is 6.01. The predicted molar refractivity (Wildman–Crippen MR) is 98.8 cm³/mol. The van der Waals surface area contributed by atoms with Gasteiger partial charge in [-0.1, -0.05) is 15.9 Å². The number of nitrogens with one attached hydrogen (secondary N) is 2. The maximum absolute atomic E-state index is 12.8. The van der Waals surface area contributed by atoms with Crippen molar-refractivity contribution < 1.29 is 23.5 Å². The Morgan fingerprint density at radius 1 is 1.22 bits per heavy atom. The first-order valence-corrected chi connectivity index (χ1v) is 10.1. The normalized spacial score (nSPS) is 33.5. The van der Waals surface area contributed by atoms with Crippen LogP contribution in [0.15, 0.2) is 22.8 Å². The lowest BCUT2D eigenvalue weighted by atomic mass is 9.49. The Morgan fingerprint density at radius 2 is 1.96 bits per heavy atom. The number of carbonyl (C=O) groups excluding carboxylic acids is 3. The summed E-state index contributed by atoms with van der Waals surface area (Å²) in [5, 5.41) is 4.67. The molecule has 3 amide bonds. The van der Waals surface area contributed by atoms with E-state index in [0.717, 1.165) is 32.1 Å². The molecular weight excluding hydrogens is 416 g/mol. The number of furan rings is 1. The van der Waals surface area contributed by atoms with Gasteiger partial charge in [0.25, 0.3) is 5.91 Å². The minimum atomic E-state index is -0.651. The van der Waals surface area contributed by atoms with Crippen molar-refractivity contribution in [3.63, 3.8) is 0 Å². The Kier molecular flexibility index (Phi) is 4.78. The summed E-state index contributed by atoms with van der Waals surface area (Å²) < 4.78 is 10.5. The van der Waals surface area contributed by atoms with Crippen LogP contribution in [0.1, 0.15) is 44.3 Å². The summed E-state index contributed by atoms with van der Waals surface area (Å²) in [5.74, 6) is 0.749. The van der Waals surface area contributed by atoms with E-state index >= 15 is 0 Å². The smallest absolute Gasteiger partial charge is 0.321 e. The molecule has 0 aliphatic heterocycles. The van der Waals surface area contributed by atoms with Crippen LogP contribution in [0.2, 0.25) is 0 Å². The monoisotopic (exact) mass is 438 g/mol. The number of imide groups is 1. The van der Waals surface area contributed by atoms with Gasteiger partial charge in [-0.05, 0) is 62.5 Å². The van der Waals surface area contributed by atoms with Crippen LogP contribution in [0.5, 0.6) is 0 Å². The molecule has 4 fully saturated rings. The van der Waals surface area contributed by atoms with Crippen LogP contribution in [0.4, 0.5) is 4.79 Å². The topological polar surface area (TPSA) is 97.6 Å². The van der Waals surface area contributed by atoms with Crippen molar-refractivity contribution >= 4 is 33.8 Å². The van der Waals surface area contributed by atoms with E-state index in [-0.39, 0.29) is 16.8 Å². The molecule has 2 atom stereocenters. The molecular formula is C19H23BrN2O5. The van der Waals surface area contributed by atoms with Crippen molar-refractivity contribution in [2.45, 2.75) is 49.4 Å². The molecule has 1 heterocycles. The van der Waals surface area contributed by atoms with E-state index in [0.29, 0.717) is 17.6 Å². The summed E-state index contributed by atoms with van der Waals surface area (Å²) in [6, 6.07) is 2.77. The second kappa shape index (κ2) is 6.96. The van der Waals surface area contributed by atoms with Crippen molar-refractivity contribution in [2.24, 2.45) is 17.3 Å². The van der Waals surface area contributed by atoms with Crippen LogP contribution >= 0.6 is 15.9 Å². The molecule has 1 aromatic heterocycles. The zero-order valence-corrected chi connectivity index (χ0v) is 16.5. The van der Waals surface area contributed by atoms with Crippen LogP contribution in [0, 0.1) is 17.3 Å². The quantitative estimate of drug-likeness (QED) is 0.543. The minimum absolute atomic E-state index is 0.0457. The largest absolute Gasteiger partial charge is 0.467 e. The molecule has 5 rings (SSSR count). The highest BCUT2D eigenvalue weighted by Gasteiger charge is 2.60. The molecule has 4 aliphatic rings. The van der Waals surface area contributed by atoms with E-state index in [4.69, 9.17) is 9.15 Å². The van der Waals surface area contributed by atoms with E-state index in [1.165, 1.54) is 12.7 Å². The van der Waals surface area contributed by atoms with E-state index in [1.807, 2.05) is 0 Å². The fraction of sp³-hybridized carbons (Fsp3) is 0.632. The number of halogens is 1. The van der Waals surface area contributed by atoms with Crippen LogP contribution in [-0.4, -0.2) is 28.8 Å². The first-order valence-electron chi connectivity index (χ1n) is 9.32. The van der Waals surface area contributed by atoms with E-state index in [9.17, 15) is 14.4 Å². The summed E-state index contributed by atoms with van der Waals surface area (Å²) in [6.07, 6.45) is 7.41. The second-order valence-electron chi connectivity index (χ2n) is 8.28. The highest BCUT2D eigenvalue weighted by atomic mass is 79.9. The first kappa shape index (κ1) is 18.5. The fourth-order valence-corrected chi connectivity index (χ4v) is 6.91. The molecule has 7 nitrogen and oxygen atoms in total. The highest BCUT2D eigenvalue weighted by molar-refractivity contribution is 9.10. The average molecular weight is 439 g/mol. The molecule has 8 heteroatoms. The Hall–Kier alpha value is -1.83. The molecule has 1 aromatic rings. The van der Waals surface area contributed by atoms with Crippen LogP contribution < -0.4 is 10.6 Å². The number of rotatable bonds is 5. The minimum Gasteiger partial charge on any atom is -0.467 e. The lowest BCUT2D eigenvalue weighted by Crippen LogP contribution is -2.56. The zero-order valence-electron chi connectivity index (χ0n) is 15.0. The molecule has 4 aliphatic carbocycles. The number of ether oxygens (including phenoxy) is 1. The Morgan fingerprint density at radius 3 is 2.59 bits per heavy atom. The summed E-state index contributed by atoms with van der Waals surface area (Å²) in [6.45, 7) is -0.273. The molecule has 2 unspecified atom stereocenters. The number of urea groups is 1. The summed E-state index contributed by atoms with van der Waals surface area (Å²) in [7, 11) is 0. The molecule has 0 radical (unpaired) electrons. The van der Waals surface area contributed by atoms with Crippen LogP contribution in [0.25, 0.3) is 0 Å². The van der Waals surface area contributed by atoms with Gasteiger partial charge in [0.15, 0.2) is 6.61 Å². The standard InChI is InChI=1S/C19H23BrN2O5/c20-19-7-12-4-13(8-19)6-18(5-12,11-19)16(24)27-10-15(23)22-17(25)21-9-14-2-1-3-26-14/h1-3,12-13H,4-11H2,(H2,21,22,23,25). The lowest BCUT2D eigenvalue weighted by Gasteiger charge is -2.58. The van der Waals surface area contributed by atoms with Crippen molar-refractivity contribution in [2.75, 3.05) is 6.61 Å². The zero-order chi connectivity index (χ0) is 19.1. The Bertz CT molecular complexity index is 733. The van der Waals surface area contributed by atoms with Gasteiger partial charge in [-0.2, -0.15) is 0 Å². The van der Waals surface area contributed by atoms with Gasteiger partial charge in [0.2, 0.25) is 0 Å². The molecule has 2 N–H and O–H groups in total. The lowest BCUT2D eigenvalue weighted by molar-refractivity contribution is -0.171. The molecule has 0 aromatic carbocycles. The molecule has 0 saturated heterocycles. The molecule has 27 heavy (non-hydrogen) atoms. The van der Waals surface area contributed by atoms with Crippen molar-refractivity contribution in [1.29, 1.82) is 0 Å². The molecule has 146 valence electrons. The number of alkyl halides is 1. The molecule has 4 saturated carbocycles. The summed E-state index contributed by atoms with van der Waals surface area (Å²) >= 11 is 3.86.